The normalized spacial score (nSPS) is 18.4. The van der Waals surface area contributed by atoms with Crippen molar-refractivity contribution in [1.29, 1.82) is 0 Å². The maximum Gasteiger partial charge on any atom is 0.243 e. The fourth-order valence-corrected chi connectivity index (χ4v) is 7.02. The molecule has 8 heteroatoms. The Hall–Kier alpha value is -3.33. The highest BCUT2D eigenvalue weighted by molar-refractivity contribution is 7.89. The van der Waals surface area contributed by atoms with Crippen molar-refractivity contribution >= 4 is 33.0 Å². The lowest BCUT2D eigenvalue weighted by molar-refractivity contribution is -0.115. The summed E-state index contributed by atoms with van der Waals surface area (Å²) in [6.07, 6.45) is 4.99. The molecule has 1 fully saturated rings. The van der Waals surface area contributed by atoms with E-state index in [0.29, 0.717) is 17.0 Å². The third-order valence-electron chi connectivity index (χ3n) is 7.65. The topological polar surface area (TPSA) is 82.1 Å². The largest absolute Gasteiger partial charge is 0.325 e. The van der Waals surface area contributed by atoms with Crippen LogP contribution < -0.4 is 5.32 Å². The maximum absolute atomic E-state index is 13.6. The average Bonchev–Trinajstić information content (AvgIpc) is 3.27. The molecule has 1 aliphatic carbocycles. The second kappa shape index (κ2) is 11.4. The lowest BCUT2D eigenvalue weighted by Gasteiger charge is -2.30. The van der Waals surface area contributed by atoms with Gasteiger partial charge in [0.15, 0.2) is 0 Å². The minimum atomic E-state index is -3.71. The van der Waals surface area contributed by atoms with Gasteiger partial charge in [0.2, 0.25) is 15.9 Å². The van der Waals surface area contributed by atoms with Crippen molar-refractivity contribution in [3.05, 3.63) is 89.5 Å². The smallest absolute Gasteiger partial charge is 0.243 e. The van der Waals surface area contributed by atoms with Gasteiger partial charge in [0.05, 0.1) is 16.3 Å². The van der Waals surface area contributed by atoms with Crippen LogP contribution in [-0.4, -0.2) is 56.4 Å². The number of carbonyl (C=O) groups is 1. The van der Waals surface area contributed by atoms with E-state index in [-0.39, 0.29) is 16.8 Å². The molecule has 1 atom stereocenters. The lowest BCUT2D eigenvalue weighted by Crippen LogP contribution is -2.38. The molecule has 1 N–H and O–H groups in total. The molecule has 0 saturated heterocycles. The number of rotatable bonds is 8. The molecule has 1 aliphatic heterocycles. The molecule has 204 valence electrons. The van der Waals surface area contributed by atoms with Gasteiger partial charge >= 0.3 is 0 Å². The van der Waals surface area contributed by atoms with E-state index in [1.54, 1.807) is 25.2 Å². The lowest BCUT2D eigenvalue weighted by atomic mass is 9.90. The number of hydrogen-bond acceptors (Lipinski definition) is 5. The zero-order chi connectivity index (χ0) is 27.6. The first-order chi connectivity index (χ1) is 18.7. The minimum Gasteiger partial charge on any atom is -0.325 e. The number of sulfonamides is 1. The molecule has 39 heavy (non-hydrogen) atoms. The fourth-order valence-electron chi connectivity index (χ4n) is 5.56. The minimum absolute atomic E-state index is 0.00414. The number of benzene rings is 3. The number of carbonyl (C=O) groups excluding carboxylic acids is 1. The van der Waals surface area contributed by atoms with Crippen LogP contribution in [0.4, 0.5) is 11.4 Å². The van der Waals surface area contributed by atoms with Gasteiger partial charge in [-0.05, 0) is 74.0 Å². The Morgan fingerprint density at radius 2 is 1.62 bits per heavy atom. The van der Waals surface area contributed by atoms with Crippen LogP contribution in [-0.2, 0) is 21.4 Å². The number of nitrogens with one attached hydrogen (secondary N) is 1. The summed E-state index contributed by atoms with van der Waals surface area (Å²) in [6.45, 7) is 0.820. The Morgan fingerprint density at radius 1 is 0.923 bits per heavy atom. The van der Waals surface area contributed by atoms with Gasteiger partial charge in [-0.2, -0.15) is 4.31 Å². The number of aliphatic imine (C=N–C) groups is 1. The van der Waals surface area contributed by atoms with E-state index in [2.05, 4.69) is 10.2 Å². The first-order valence-corrected chi connectivity index (χ1v) is 15.0. The van der Waals surface area contributed by atoms with E-state index in [9.17, 15) is 13.2 Å². The molecule has 5 rings (SSSR count). The quantitative estimate of drug-likeness (QED) is 0.377. The van der Waals surface area contributed by atoms with Crippen LogP contribution in [0.5, 0.6) is 0 Å². The van der Waals surface area contributed by atoms with Crippen molar-refractivity contribution < 1.29 is 13.2 Å². The van der Waals surface area contributed by atoms with Crippen molar-refractivity contribution in [1.82, 2.24) is 9.21 Å². The SMILES string of the molecule is CN(C)Cc1ccc(N=C(c2ccccc2)C2C(=O)Nc3ccc(S(=O)(=O)N(C)C4CCCCC4)cc32)cc1. The van der Waals surface area contributed by atoms with E-state index in [4.69, 9.17) is 4.99 Å². The Balaban J connectivity index is 1.55. The maximum atomic E-state index is 13.6. The molecule has 0 radical (unpaired) electrons. The zero-order valence-electron chi connectivity index (χ0n) is 22.8. The average molecular weight is 545 g/mol. The molecule has 2 aliphatic rings. The van der Waals surface area contributed by atoms with Gasteiger partial charge in [0.1, 0.15) is 5.92 Å². The summed E-state index contributed by atoms with van der Waals surface area (Å²) in [6, 6.07) is 22.6. The van der Waals surface area contributed by atoms with Crippen LogP contribution >= 0.6 is 0 Å². The molecule has 1 unspecified atom stereocenters. The highest BCUT2D eigenvalue weighted by Gasteiger charge is 2.37. The predicted molar refractivity (Wildman–Crippen MR) is 156 cm³/mol. The van der Waals surface area contributed by atoms with Gasteiger partial charge in [0.25, 0.3) is 0 Å². The van der Waals surface area contributed by atoms with Gasteiger partial charge in [-0.25, -0.2) is 8.42 Å². The molecular formula is C31H36N4O3S. The van der Waals surface area contributed by atoms with Gasteiger partial charge in [-0.3, -0.25) is 9.79 Å². The van der Waals surface area contributed by atoms with E-state index in [1.807, 2.05) is 68.7 Å². The standard InChI is InChI=1S/C31H36N4O3S/c1-34(2)21-22-14-16-24(17-15-22)32-30(23-10-6-4-7-11-23)29-27-20-26(18-19-28(27)33-31(29)36)39(37,38)35(3)25-12-8-5-9-13-25/h4,6-7,10-11,14-20,25,29H,5,8-9,12-13,21H2,1-3H3,(H,33,36). The molecule has 1 saturated carbocycles. The van der Waals surface area contributed by atoms with Crippen molar-refractivity contribution in [3.8, 4) is 0 Å². The Bertz CT molecular complexity index is 1460. The Morgan fingerprint density at radius 3 is 2.28 bits per heavy atom. The number of fused-ring (bicyclic) bond motifs is 1. The molecule has 0 spiro atoms. The number of amides is 1. The summed E-state index contributed by atoms with van der Waals surface area (Å²) >= 11 is 0. The number of anilines is 1. The Kier molecular flexibility index (Phi) is 7.98. The van der Waals surface area contributed by atoms with Crippen molar-refractivity contribution in [2.75, 3.05) is 26.5 Å². The third kappa shape index (κ3) is 5.83. The zero-order valence-corrected chi connectivity index (χ0v) is 23.6. The van der Waals surface area contributed by atoms with E-state index < -0.39 is 15.9 Å². The Labute approximate surface area is 231 Å². The van der Waals surface area contributed by atoms with Crippen molar-refractivity contribution in [2.24, 2.45) is 4.99 Å². The van der Waals surface area contributed by atoms with Crippen LogP contribution in [0.3, 0.4) is 0 Å². The first kappa shape index (κ1) is 27.2. The van der Waals surface area contributed by atoms with E-state index in [1.165, 1.54) is 9.87 Å². The molecule has 0 aromatic heterocycles. The monoisotopic (exact) mass is 544 g/mol. The molecule has 3 aromatic carbocycles. The van der Waals surface area contributed by atoms with Gasteiger partial charge in [0, 0.05) is 25.3 Å². The summed E-state index contributed by atoms with van der Waals surface area (Å²) < 4.78 is 28.8. The first-order valence-electron chi connectivity index (χ1n) is 13.5. The third-order valence-corrected chi connectivity index (χ3v) is 9.55. The molecule has 1 amide bonds. The number of nitrogens with zero attached hydrogens (tertiary/aromatic N) is 3. The molecular weight excluding hydrogens is 508 g/mol. The van der Waals surface area contributed by atoms with Crippen LogP contribution in [0.25, 0.3) is 0 Å². The van der Waals surface area contributed by atoms with Crippen molar-refractivity contribution in [2.45, 2.75) is 55.5 Å². The van der Waals surface area contributed by atoms with Crippen molar-refractivity contribution in [3.63, 3.8) is 0 Å². The van der Waals surface area contributed by atoms with Gasteiger partial charge in [-0.1, -0.05) is 61.7 Å². The van der Waals surface area contributed by atoms with E-state index >= 15 is 0 Å². The summed E-state index contributed by atoms with van der Waals surface area (Å²) in [5.74, 6) is -0.953. The molecule has 0 bridgehead atoms. The fraction of sp³-hybridized carbons (Fsp3) is 0.355. The summed E-state index contributed by atoms with van der Waals surface area (Å²) in [5.41, 5.74) is 4.55. The highest BCUT2D eigenvalue weighted by Crippen LogP contribution is 2.38. The molecule has 7 nitrogen and oxygen atoms in total. The van der Waals surface area contributed by atoms with Gasteiger partial charge in [-0.15, -0.1) is 0 Å². The summed E-state index contributed by atoms with van der Waals surface area (Å²) in [4.78, 5) is 20.7. The molecule has 1 heterocycles. The second-order valence-electron chi connectivity index (χ2n) is 10.8. The highest BCUT2D eigenvalue weighted by atomic mass is 32.2. The number of hydrogen-bond donors (Lipinski definition) is 1. The predicted octanol–water partition coefficient (Wildman–Crippen LogP) is 5.56. The van der Waals surface area contributed by atoms with E-state index in [0.717, 1.165) is 49.9 Å². The van der Waals surface area contributed by atoms with Crippen LogP contribution in [0.15, 0.2) is 82.7 Å². The second-order valence-corrected chi connectivity index (χ2v) is 12.7. The summed E-state index contributed by atoms with van der Waals surface area (Å²) in [5, 5.41) is 2.95. The molecule has 3 aromatic rings. The summed E-state index contributed by atoms with van der Waals surface area (Å²) in [7, 11) is 2.01. The van der Waals surface area contributed by atoms with Gasteiger partial charge < -0.3 is 10.2 Å². The van der Waals surface area contributed by atoms with Crippen LogP contribution in [0, 0.1) is 0 Å². The van der Waals surface area contributed by atoms with Crippen LogP contribution in [0.2, 0.25) is 0 Å². The van der Waals surface area contributed by atoms with Crippen LogP contribution in [0.1, 0.15) is 54.7 Å².